The van der Waals surface area contributed by atoms with Crippen molar-refractivity contribution in [1.29, 1.82) is 0 Å². The first-order chi connectivity index (χ1) is 32.0. The quantitative estimate of drug-likeness (QED) is 0.128. The van der Waals surface area contributed by atoms with Crippen LogP contribution in [0, 0.1) is 10.8 Å². The lowest BCUT2D eigenvalue weighted by molar-refractivity contribution is 0.0977. The number of fused-ring (bicyclic) bond motifs is 15. The summed E-state index contributed by atoms with van der Waals surface area (Å²) in [7, 11) is 0. The van der Waals surface area contributed by atoms with E-state index in [0.29, 0.717) is 0 Å². The molecule has 1 nitrogen and oxygen atoms in total. The van der Waals surface area contributed by atoms with Gasteiger partial charge in [-0.15, -0.1) is 0 Å². The molecule has 1 aromatic heterocycles. The van der Waals surface area contributed by atoms with Gasteiger partial charge < -0.3 is 4.42 Å². The Labute approximate surface area is 386 Å². The smallest absolute Gasteiger partial charge is 0.135 e. The molecule has 0 bridgehead atoms. The van der Waals surface area contributed by atoms with E-state index in [-0.39, 0.29) is 16.2 Å². The molecule has 0 atom stereocenters. The van der Waals surface area contributed by atoms with Crippen molar-refractivity contribution in [2.24, 2.45) is 10.8 Å². The van der Waals surface area contributed by atoms with E-state index >= 15 is 0 Å². The average molecular weight is 847 g/mol. The summed E-state index contributed by atoms with van der Waals surface area (Å²) in [6.45, 7) is 14.8. The Balaban J connectivity index is 1.01. The van der Waals surface area contributed by atoms with Crippen molar-refractivity contribution in [1.82, 2.24) is 0 Å². The summed E-state index contributed by atoms with van der Waals surface area (Å²) in [5.74, 6) is 0. The van der Waals surface area contributed by atoms with Crippen LogP contribution in [0.5, 0.6) is 0 Å². The zero-order valence-corrected chi connectivity index (χ0v) is 38.4. The lowest BCUT2D eigenvalue weighted by Crippen LogP contribution is -2.50. The molecule has 0 unspecified atom stereocenters. The van der Waals surface area contributed by atoms with Gasteiger partial charge in [0.25, 0.3) is 0 Å². The van der Waals surface area contributed by atoms with E-state index in [0.717, 1.165) is 21.9 Å². The zero-order chi connectivity index (χ0) is 44.7. The van der Waals surface area contributed by atoms with Gasteiger partial charge in [-0.1, -0.05) is 205 Å². The summed E-state index contributed by atoms with van der Waals surface area (Å²) in [6, 6.07) is 72.5. The molecule has 0 saturated heterocycles. The van der Waals surface area contributed by atoms with Crippen molar-refractivity contribution in [2.75, 3.05) is 0 Å². The van der Waals surface area contributed by atoms with Crippen LogP contribution in [0.4, 0.5) is 0 Å². The third-order valence-electron chi connectivity index (χ3n) is 15.3. The maximum absolute atomic E-state index is 6.26. The van der Waals surface area contributed by atoms with Crippen LogP contribution in [0.1, 0.15) is 52.7 Å². The van der Waals surface area contributed by atoms with Crippen LogP contribution in [0.15, 0.2) is 199 Å². The van der Waals surface area contributed by atoms with Crippen molar-refractivity contribution < 1.29 is 4.42 Å². The fraction of sp³-hybridized carbons (Fsp3) is 0.138. The highest BCUT2D eigenvalue weighted by molar-refractivity contribution is 6.23. The summed E-state index contributed by atoms with van der Waals surface area (Å²) >= 11 is 0. The van der Waals surface area contributed by atoms with Crippen LogP contribution in [0.2, 0.25) is 0 Å². The number of furan rings is 1. The second-order valence-electron chi connectivity index (χ2n) is 20.7. The largest absolute Gasteiger partial charge is 0.456 e. The predicted octanol–water partition coefficient (Wildman–Crippen LogP) is 18.7. The van der Waals surface area contributed by atoms with E-state index in [9.17, 15) is 0 Å². The molecule has 0 amide bonds. The van der Waals surface area contributed by atoms with E-state index in [1.54, 1.807) is 0 Å². The summed E-state index contributed by atoms with van der Waals surface area (Å²) in [4.78, 5) is 0. The molecule has 1 heteroatoms. The molecule has 11 aromatic carbocycles. The maximum Gasteiger partial charge on any atom is 0.135 e. The van der Waals surface area contributed by atoms with Crippen molar-refractivity contribution in [2.45, 2.75) is 47.0 Å². The molecule has 66 heavy (non-hydrogen) atoms. The minimum Gasteiger partial charge on any atom is -0.456 e. The minimum absolute atomic E-state index is 0.112. The minimum atomic E-state index is -0.290. The van der Waals surface area contributed by atoms with Gasteiger partial charge in [0, 0.05) is 16.2 Å². The number of hydrogen-bond donors (Lipinski definition) is 0. The Morgan fingerprint density at radius 1 is 0.303 bits per heavy atom. The standard InChI is InChI=1S/C65H50O/c1-63(2,3)65(64(4,5)6)61-44-33-30-40(36-41(44)31-34-54(61)60-48-23-9-7-20-45(48)46-21-8-14-28-53(46)62(60)65)39-18-17-19-42(37-39)58-49-24-10-12-26-51(49)59(52-27-13-11-25-50(52)58)43-32-35-57-55(38-43)47-22-15-16-29-56(47)66-57/h7-38H,1-6H3. The topological polar surface area (TPSA) is 13.1 Å². The van der Waals surface area contributed by atoms with Gasteiger partial charge in [0.05, 0.1) is 0 Å². The van der Waals surface area contributed by atoms with E-state index in [1.807, 2.05) is 6.07 Å². The normalized spacial score (nSPS) is 13.7. The first-order valence-corrected chi connectivity index (χ1v) is 23.5. The molecular weight excluding hydrogens is 797 g/mol. The Morgan fingerprint density at radius 2 is 0.773 bits per heavy atom. The molecule has 1 heterocycles. The zero-order valence-electron chi connectivity index (χ0n) is 38.4. The molecule has 0 N–H and O–H groups in total. The van der Waals surface area contributed by atoms with Crippen LogP contribution < -0.4 is 0 Å². The molecule has 1 aliphatic carbocycles. The van der Waals surface area contributed by atoms with Crippen LogP contribution in [0.3, 0.4) is 0 Å². The molecular formula is C65H50O. The Morgan fingerprint density at radius 3 is 1.39 bits per heavy atom. The van der Waals surface area contributed by atoms with E-state index in [4.69, 9.17) is 4.42 Å². The monoisotopic (exact) mass is 846 g/mol. The molecule has 316 valence electrons. The Bertz CT molecular complexity index is 3940. The highest BCUT2D eigenvalue weighted by atomic mass is 16.3. The molecule has 12 aromatic rings. The maximum atomic E-state index is 6.26. The number of hydrogen-bond acceptors (Lipinski definition) is 1. The van der Waals surface area contributed by atoms with Gasteiger partial charge in [-0.25, -0.2) is 0 Å². The van der Waals surface area contributed by atoms with Crippen molar-refractivity contribution in [3.05, 3.63) is 205 Å². The third kappa shape index (κ3) is 5.23. The van der Waals surface area contributed by atoms with Crippen LogP contribution in [-0.4, -0.2) is 0 Å². The van der Waals surface area contributed by atoms with E-state index < -0.39 is 0 Å². The fourth-order valence-electron chi connectivity index (χ4n) is 13.2. The summed E-state index contributed by atoms with van der Waals surface area (Å²) in [5.41, 5.74) is 14.4. The van der Waals surface area contributed by atoms with Gasteiger partial charge in [-0.2, -0.15) is 0 Å². The Kier molecular flexibility index (Phi) is 8.12. The highest BCUT2D eigenvalue weighted by Gasteiger charge is 2.59. The van der Waals surface area contributed by atoms with Gasteiger partial charge in [-0.3, -0.25) is 0 Å². The van der Waals surface area contributed by atoms with Crippen LogP contribution >= 0.6 is 0 Å². The SMILES string of the molecule is CC(C)(C)C1(C(C)(C)C)c2c(ccc3cc(-c4cccc(-c5c6ccccc6c(-c6ccc7oc8ccccc8c7c6)c6ccccc56)c4)ccc23)-c2c1c1ccccc1c1ccccc21. The molecule has 0 saturated carbocycles. The lowest BCUT2D eigenvalue weighted by atomic mass is 9.49. The molecule has 0 aliphatic heterocycles. The number of rotatable bonds is 3. The fourth-order valence-corrected chi connectivity index (χ4v) is 13.2. The molecule has 1 aliphatic rings. The van der Waals surface area contributed by atoms with Crippen molar-refractivity contribution in [3.8, 4) is 44.5 Å². The third-order valence-corrected chi connectivity index (χ3v) is 15.3. The van der Waals surface area contributed by atoms with Crippen molar-refractivity contribution >= 4 is 75.8 Å². The molecule has 0 fully saturated rings. The van der Waals surface area contributed by atoms with Crippen LogP contribution in [0.25, 0.3) is 120 Å². The average Bonchev–Trinajstić information content (AvgIpc) is 3.88. The second-order valence-corrected chi connectivity index (χ2v) is 20.7. The highest BCUT2D eigenvalue weighted by Crippen LogP contribution is 2.68. The van der Waals surface area contributed by atoms with Gasteiger partial charge >= 0.3 is 0 Å². The summed E-state index contributed by atoms with van der Waals surface area (Å²) in [5, 5.41) is 15.3. The van der Waals surface area contributed by atoms with Crippen molar-refractivity contribution in [3.63, 3.8) is 0 Å². The van der Waals surface area contributed by atoms with Gasteiger partial charge in [0.2, 0.25) is 0 Å². The van der Waals surface area contributed by atoms with Crippen LogP contribution in [-0.2, 0) is 5.41 Å². The van der Waals surface area contributed by atoms with Gasteiger partial charge in [-0.05, 0) is 151 Å². The first kappa shape index (κ1) is 38.9. The Hall–Kier alpha value is -7.48. The second kappa shape index (κ2) is 13.8. The lowest BCUT2D eigenvalue weighted by Gasteiger charge is -2.54. The van der Waals surface area contributed by atoms with Gasteiger partial charge in [0.15, 0.2) is 0 Å². The number of benzene rings is 11. The molecule has 0 radical (unpaired) electrons. The number of para-hydroxylation sites is 1. The summed E-state index contributed by atoms with van der Waals surface area (Å²) in [6.07, 6.45) is 0. The molecule has 13 rings (SSSR count). The van der Waals surface area contributed by atoms with Gasteiger partial charge in [0.1, 0.15) is 11.2 Å². The first-order valence-electron chi connectivity index (χ1n) is 23.5. The van der Waals surface area contributed by atoms with E-state index in [1.165, 1.54) is 109 Å². The predicted molar refractivity (Wildman–Crippen MR) is 283 cm³/mol. The summed E-state index contributed by atoms with van der Waals surface area (Å²) < 4.78 is 6.26. The van der Waals surface area contributed by atoms with E-state index in [2.05, 4.69) is 230 Å². The molecule has 0 spiro atoms.